The maximum absolute atomic E-state index is 7.01. The largest absolute Gasteiger partial charge is 0.435 e. The summed E-state index contributed by atoms with van der Waals surface area (Å²) in [5.74, 6) is 2.82. The van der Waals surface area contributed by atoms with Crippen LogP contribution in [0.15, 0.2) is 54.6 Å². The van der Waals surface area contributed by atoms with Crippen molar-refractivity contribution in [1.82, 2.24) is 0 Å². The molecule has 3 aromatic rings. The zero-order chi connectivity index (χ0) is 27.7. The van der Waals surface area contributed by atoms with Gasteiger partial charge in [-0.25, -0.2) is 0 Å². The molecule has 0 fully saturated rings. The van der Waals surface area contributed by atoms with E-state index in [9.17, 15) is 0 Å². The Morgan fingerprint density at radius 2 is 0.973 bits per heavy atom. The van der Waals surface area contributed by atoms with Crippen LogP contribution in [0.25, 0.3) is 0 Å². The lowest BCUT2D eigenvalue weighted by atomic mass is 9.74. The van der Waals surface area contributed by atoms with Crippen LogP contribution in [-0.4, -0.2) is 0 Å². The monoisotopic (exact) mass is 518 g/mol. The average molecular weight is 519 g/mol. The molecule has 0 N–H and O–H groups in total. The summed E-state index contributed by atoms with van der Waals surface area (Å²) in [6.45, 7) is 27.1. The van der Waals surface area contributed by atoms with Crippen LogP contribution in [0.5, 0.6) is 11.5 Å². The predicted molar refractivity (Wildman–Crippen MR) is 162 cm³/mol. The fourth-order valence-corrected chi connectivity index (χ4v) is 6.05. The second kappa shape index (κ2) is 11.2. The predicted octanol–water partition coefficient (Wildman–Crippen LogP) is 9.88. The van der Waals surface area contributed by atoms with Crippen LogP contribution in [0, 0.1) is 39.5 Å². The molecule has 0 saturated heterocycles. The Kier molecular flexibility index (Phi) is 8.86. The maximum atomic E-state index is 7.01. The van der Waals surface area contributed by atoms with E-state index in [1.807, 2.05) is 6.07 Å². The van der Waals surface area contributed by atoms with Gasteiger partial charge in [0, 0.05) is 11.1 Å². The van der Waals surface area contributed by atoms with Gasteiger partial charge >= 0.3 is 8.38 Å². The third kappa shape index (κ3) is 6.23. The molecule has 200 valence electrons. The topological polar surface area (TPSA) is 18.5 Å². The summed E-state index contributed by atoms with van der Waals surface area (Å²) in [4.78, 5) is 0. The minimum absolute atomic E-state index is 0.0472. The zero-order valence-corrected chi connectivity index (χ0v) is 26.0. The highest BCUT2D eigenvalue weighted by molar-refractivity contribution is 7.56. The minimum atomic E-state index is -1.43. The number of hydrogen-bond acceptors (Lipinski definition) is 2. The smallest absolute Gasteiger partial charge is 0.326 e. The van der Waals surface area contributed by atoms with Crippen molar-refractivity contribution in [2.45, 2.75) is 93.9 Å². The molecule has 3 aromatic carbocycles. The molecule has 0 aliphatic heterocycles. The van der Waals surface area contributed by atoms with E-state index in [1.165, 1.54) is 22.3 Å². The molecular formula is C34H47O2P. The van der Waals surface area contributed by atoms with E-state index in [0.29, 0.717) is 11.8 Å². The SMILES string of the molecule is Cc1cc(C)c(OP(Oc2c(C)cc(C)cc2C(C)(C)C(C)C)c2ccccc2)c(C(C)(C)C(C)C)c1. The standard InChI is InChI=1S/C34H47O2P/c1-22(2)33(9,10)29-20-24(5)18-26(7)31(29)35-37(28-16-14-13-15-17-28)36-32-27(8)19-25(6)21-30(32)34(11,12)23(3)4/h13-23H,1-12H3. The normalized spacial score (nSPS) is 12.5. The van der Waals surface area contributed by atoms with E-state index in [1.54, 1.807) is 0 Å². The minimum Gasteiger partial charge on any atom is -0.435 e. The van der Waals surface area contributed by atoms with Gasteiger partial charge in [-0.1, -0.05) is 109 Å². The first-order valence-electron chi connectivity index (χ1n) is 13.6. The Hall–Kier alpha value is -2.31. The van der Waals surface area contributed by atoms with Crippen LogP contribution in [0.1, 0.15) is 88.8 Å². The van der Waals surface area contributed by atoms with Crippen molar-refractivity contribution in [3.8, 4) is 11.5 Å². The highest BCUT2D eigenvalue weighted by Crippen LogP contribution is 2.50. The fourth-order valence-electron chi connectivity index (χ4n) is 4.57. The van der Waals surface area contributed by atoms with Crippen LogP contribution < -0.4 is 14.4 Å². The second-order valence-electron chi connectivity index (χ2n) is 12.4. The lowest BCUT2D eigenvalue weighted by Crippen LogP contribution is -2.27. The van der Waals surface area contributed by atoms with Crippen LogP contribution in [-0.2, 0) is 10.8 Å². The summed E-state index contributed by atoms with van der Waals surface area (Å²) < 4.78 is 14.0. The molecule has 0 aromatic heterocycles. The van der Waals surface area contributed by atoms with Crippen LogP contribution in [0.2, 0.25) is 0 Å². The molecule has 0 unspecified atom stereocenters. The number of hydrogen-bond donors (Lipinski definition) is 0. The zero-order valence-electron chi connectivity index (χ0n) is 25.1. The molecule has 3 rings (SSSR count). The lowest BCUT2D eigenvalue weighted by molar-refractivity contribution is 0.355. The molecule has 0 atom stereocenters. The van der Waals surface area contributed by atoms with E-state index >= 15 is 0 Å². The molecule has 0 spiro atoms. The van der Waals surface area contributed by atoms with Gasteiger partial charge in [-0.15, -0.1) is 0 Å². The Morgan fingerprint density at radius 3 is 1.32 bits per heavy atom. The van der Waals surface area contributed by atoms with Crippen LogP contribution >= 0.6 is 8.38 Å². The van der Waals surface area contributed by atoms with Crippen molar-refractivity contribution in [2.75, 3.05) is 0 Å². The summed E-state index contributed by atoms with van der Waals surface area (Å²) in [6, 6.07) is 19.5. The Bertz CT molecular complexity index is 1140. The summed E-state index contributed by atoms with van der Waals surface area (Å²) in [5, 5.41) is 1.07. The number of rotatable bonds is 9. The van der Waals surface area contributed by atoms with E-state index in [-0.39, 0.29) is 10.8 Å². The maximum Gasteiger partial charge on any atom is 0.326 e. The van der Waals surface area contributed by atoms with E-state index in [2.05, 4.69) is 132 Å². The van der Waals surface area contributed by atoms with Gasteiger partial charge in [-0.2, -0.15) is 0 Å². The third-order valence-corrected chi connectivity index (χ3v) is 9.85. The first-order valence-corrected chi connectivity index (χ1v) is 14.8. The van der Waals surface area contributed by atoms with Crippen molar-refractivity contribution in [2.24, 2.45) is 11.8 Å². The molecule has 0 radical (unpaired) electrons. The molecule has 0 saturated carbocycles. The molecule has 0 amide bonds. The molecule has 0 aliphatic carbocycles. The van der Waals surface area contributed by atoms with Crippen molar-refractivity contribution in [3.63, 3.8) is 0 Å². The van der Waals surface area contributed by atoms with Crippen molar-refractivity contribution in [3.05, 3.63) is 88.0 Å². The van der Waals surface area contributed by atoms with Gasteiger partial charge in [-0.3, -0.25) is 0 Å². The summed E-state index contributed by atoms with van der Waals surface area (Å²) in [5.41, 5.74) is 7.22. The summed E-state index contributed by atoms with van der Waals surface area (Å²) in [6.07, 6.45) is 0. The summed E-state index contributed by atoms with van der Waals surface area (Å²) in [7, 11) is -1.43. The van der Waals surface area contributed by atoms with Gasteiger partial charge in [0.05, 0.1) is 5.30 Å². The number of benzene rings is 3. The Morgan fingerprint density at radius 1 is 0.595 bits per heavy atom. The molecule has 0 aliphatic rings. The fraction of sp³-hybridized carbons (Fsp3) is 0.471. The van der Waals surface area contributed by atoms with E-state index < -0.39 is 8.38 Å². The van der Waals surface area contributed by atoms with E-state index in [4.69, 9.17) is 9.05 Å². The third-order valence-electron chi connectivity index (χ3n) is 8.43. The first-order chi connectivity index (χ1) is 17.2. The highest BCUT2D eigenvalue weighted by Gasteiger charge is 2.34. The van der Waals surface area contributed by atoms with Gasteiger partial charge in [0.2, 0.25) is 0 Å². The quantitative estimate of drug-likeness (QED) is 0.262. The lowest BCUT2D eigenvalue weighted by Gasteiger charge is -2.35. The van der Waals surface area contributed by atoms with Gasteiger partial charge in [0.25, 0.3) is 0 Å². The van der Waals surface area contributed by atoms with Crippen molar-refractivity contribution in [1.29, 1.82) is 0 Å². The summed E-state index contributed by atoms with van der Waals surface area (Å²) >= 11 is 0. The Labute approximate surface area is 227 Å². The van der Waals surface area contributed by atoms with Crippen LogP contribution in [0.3, 0.4) is 0 Å². The van der Waals surface area contributed by atoms with Crippen LogP contribution in [0.4, 0.5) is 0 Å². The van der Waals surface area contributed by atoms with Gasteiger partial charge in [0.1, 0.15) is 11.5 Å². The van der Waals surface area contributed by atoms with Gasteiger partial charge in [0.15, 0.2) is 0 Å². The van der Waals surface area contributed by atoms with Crippen molar-refractivity contribution >= 4 is 13.7 Å². The number of aryl methyl sites for hydroxylation is 4. The molecule has 3 heteroatoms. The first kappa shape index (κ1) is 29.2. The molecule has 2 nitrogen and oxygen atoms in total. The average Bonchev–Trinajstić information content (AvgIpc) is 2.81. The van der Waals surface area contributed by atoms with Gasteiger partial charge in [-0.05, 0) is 73.6 Å². The van der Waals surface area contributed by atoms with Gasteiger partial charge < -0.3 is 9.05 Å². The Balaban J connectivity index is 2.20. The van der Waals surface area contributed by atoms with Crippen molar-refractivity contribution < 1.29 is 9.05 Å². The molecular weight excluding hydrogens is 471 g/mol. The second-order valence-corrected chi connectivity index (χ2v) is 13.8. The van der Waals surface area contributed by atoms with E-state index in [0.717, 1.165) is 27.9 Å². The molecule has 0 bridgehead atoms. The highest BCUT2D eigenvalue weighted by atomic mass is 31.2. The molecule has 37 heavy (non-hydrogen) atoms. The molecule has 0 heterocycles.